The van der Waals surface area contributed by atoms with E-state index in [4.69, 9.17) is 25.1 Å². The Labute approximate surface area is 130 Å². The second-order valence-electron chi connectivity index (χ2n) is 4.63. The number of nitrogens with two attached hydrogens (primary N) is 1. The molecular formula is C12H19N5O6. The maximum atomic E-state index is 11.6. The van der Waals surface area contributed by atoms with E-state index >= 15 is 0 Å². The first-order valence-corrected chi connectivity index (χ1v) is 6.77. The van der Waals surface area contributed by atoms with Crippen LogP contribution in [0.3, 0.4) is 0 Å². The minimum atomic E-state index is -0.843. The van der Waals surface area contributed by atoms with Crippen LogP contribution in [0.4, 0.5) is 5.95 Å². The number of hydrogen-bond donors (Lipinski definition) is 4. The smallest absolute Gasteiger partial charge is 0.280 e. The highest BCUT2D eigenvalue weighted by molar-refractivity contribution is 5.70. The van der Waals surface area contributed by atoms with Crippen molar-refractivity contribution in [1.82, 2.24) is 19.5 Å². The van der Waals surface area contributed by atoms with Crippen LogP contribution in [0, 0.1) is 0 Å². The van der Waals surface area contributed by atoms with Crippen LogP contribution in [-0.4, -0.2) is 69.1 Å². The molecule has 2 heterocycles. The Morgan fingerprint density at radius 3 is 2.87 bits per heavy atom. The number of methoxy groups -OCH3 is 1. The molecule has 0 aliphatic rings. The lowest BCUT2D eigenvalue weighted by Gasteiger charge is -2.21. The fraction of sp³-hybridized carbons (Fsp3) is 0.583. The number of imidazole rings is 1. The normalized spacial score (nSPS) is 14.2. The van der Waals surface area contributed by atoms with Crippen molar-refractivity contribution in [1.29, 1.82) is 0 Å². The van der Waals surface area contributed by atoms with Crippen molar-refractivity contribution in [3.05, 3.63) is 16.7 Å². The minimum absolute atomic E-state index is 0.0216. The number of aromatic nitrogens is 4. The van der Waals surface area contributed by atoms with Crippen LogP contribution in [-0.2, 0) is 20.9 Å². The molecule has 0 aliphatic heterocycles. The number of aliphatic hydroxyl groups excluding tert-OH is 2. The van der Waals surface area contributed by atoms with E-state index in [2.05, 4.69) is 15.0 Å². The Hall–Kier alpha value is -2.05. The van der Waals surface area contributed by atoms with Crippen molar-refractivity contribution in [3.8, 4) is 0 Å². The number of nitrogens with zero attached hydrogens (tertiary/aromatic N) is 3. The van der Waals surface area contributed by atoms with Crippen molar-refractivity contribution in [2.45, 2.75) is 19.1 Å². The number of aromatic amines is 1. The van der Waals surface area contributed by atoms with Gasteiger partial charge in [0.1, 0.15) is 12.8 Å². The maximum Gasteiger partial charge on any atom is 0.280 e. The zero-order chi connectivity index (χ0) is 16.8. The van der Waals surface area contributed by atoms with E-state index in [0.717, 1.165) is 0 Å². The Balaban J connectivity index is 1.97. The molecule has 0 spiro atoms. The van der Waals surface area contributed by atoms with Gasteiger partial charge in [-0.05, 0) is 0 Å². The van der Waals surface area contributed by atoms with Gasteiger partial charge < -0.3 is 30.2 Å². The van der Waals surface area contributed by atoms with E-state index in [-0.39, 0.29) is 43.7 Å². The first kappa shape index (κ1) is 17.3. The second kappa shape index (κ2) is 7.99. The summed E-state index contributed by atoms with van der Waals surface area (Å²) in [6, 6.07) is 0. The molecule has 2 atom stereocenters. The SMILES string of the molecule is CO[C@H](CO)OC(CO)COCn1cnc2c(=O)[nH]c(N)nc21. The van der Waals surface area contributed by atoms with E-state index in [9.17, 15) is 9.90 Å². The summed E-state index contributed by atoms with van der Waals surface area (Å²) in [4.78, 5) is 21.9. The maximum absolute atomic E-state index is 11.6. The quantitative estimate of drug-likeness (QED) is 0.382. The molecule has 0 amide bonds. The number of nitrogen functional groups attached to an aromatic ring is 1. The Kier molecular flexibility index (Phi) is 6.01. The summed E-state index contributed by atoms with van der Waals surface area (Å²) in [5.41, 5.74) is 5.50. The predicted molar refractivity (Wildman–Crippen MR) is 78.4 cm³/mol. The summed E-state index contributed by atoms with van der Waals surface area (Å²) in [5, 5.41) is 18.2. The van der Waals surface area contributed by atoms with Gasteiger partial charge in [0.2, 0.25) is 5.95 Å². The van der Waals surface area contributed by atoms with Crippen molar-refractivity contribution in [2.24, 2.45) is 0 Å². The Morgan fingerprint density at radius 2 is 2.22 bits per heavy atom. The molecular weight excluding hydrogens is 310 g/mol. The van der Waals surface area contributed by atoms with Crippen molar-refractivity contribution >= 4 is 17.1 Å². The third kappa shape index (κ3) is 4.24. The summed E-state index contributed by atoms with van der Waals surface area (Å²) in [5.74, 6) is -0.0216. The van der Waals surface area contributed by atoms with E-state index < -0.39 is 18.0 Å². The van der Waals surface area contributed by atoms with Crippen molar-refractivity contribution in [3.63, 3.8) is 0 Å². The molecule has 11 nitrogen and oxygen atoms in total. The van der Waals surface area contributed by atoms with Gasteiger partial charge in [0.15, 0.2) is 17.5 Å². The molecule has 0 fully saturated rings. The summed E-state index contributed by atoms with van der Waals surface area (Å²) >= 11 is 0. The zero-order valence-electron chi connectivity index (χ0n) is 12.5. The number of fused-ring (bicyclic) bond motifs is 1. The minimum Gasteiger partial charge on any atom is -0.394 e. The third-order valence-electron chi connectivity index (χ3n) is 2.99. The van der Waals surface area contributed by atoms with Crippen LogP contribution in [0.15, 0.2) is 11.1 Å². The van der Waals surface area contributed by atoms with Gasteiger partial charge in [-0.1, -0.05) is 0 Å². The number of H-pyrrole nitrogens is 1. The number of rotatable bonds is 9. The topological polar surface area (TPSA) is 158 Å². The van der Waals surface area contributed by atoms with E-state index in [1.165, 1.54) is 18.0 Å². The summed E-state index contributed by atoms with van der Waals surface area (Å²) < 4.78 is 17.0. The van der Waals surface area contributed by atoms with Gasteiger partial charge in [-0.3, -0.25) is 14.3 Å². The molecule has 0 bridgehead atoms. The van der Waals surface area contributed by atoms with E-state index in [1.807, 2.05) is 0 Å². The number of ether oxygens (including phenoxy) is 3. The fourth-order valence-corrected chi connectivity index (χ4v) is 1.87. The van der Waals surface area contributed by atoms with Gasteiger partial charge in [-0.25, -0.2) is 4.98 Å². The average Bonchev–Trinajstić information content (AvgIpc) is 2.94. The second-order valence-corrected chi connectivity index (χ2v) is 4.63. The molecule has 2 rings (SSSR count). The molecule has 0 radical (unpaired) electrons. The number of hydrogen-bond acceptors (Lipinski definition) is 9. The first-order valence-electron chi connectivity index (χ1n) is 6.77. The molecule has 11 heteroatoms. The Bertz CT molecular complexity index is 682. The van der Waals surface area contributed by atoms with Crippen LogP contribution in [0.25, 0.3) is 11.2 Å². The van der Waals surface area contributed by atoms with Crippen LogP contribution in [0.2, 0.25) is 0 Å². The number of nitrogens with one attached hydrogen (secondary N) is 1. The lowest BCUT2D eigenvalue weighted by atomic mass is 10.4. The molecule has 2 aromatic rings. The van der Waals surface area contributed by atoms with E-state index in [1.54, 1.807) is 0 Å². The summed E-state index contributed by atoms with van der Waals surface area (Å²) in [6.45, 7) is -0.585. The molecule has 128 valence electrons. The van der Waals surface area contributed by atoms with E-state index in [0.29, 0.717) is 0 Å². The highest BCUT2D eigenvalue weighted by Crippen LogP contribution is 2.07. The first-order chi connectivity index (χ1) is 11.1. The molecule has 2 aromatic heterocycles. The molecule has 5 N–H and O–H groups in total. The van der Waals surface area contributed by atoms with Gasteiger partial charge in [-0.2, -0.15) is 4.98 Å². The summed E-state index contributed by atoms with van der Waals surface area (Å²) in [6.07, 6.45) is -0.125. The van der Waals surface area contributed by atoms with Crippen LogP contribution in [0.5, 0.6) is 0 Å². The third-order valence-corrected chi connectivity index (χ3v) is 2.99. The van der Waals surface area contributed by atoms with Gasteiger partial charge in [0, 0.05) is 7.11 Å². The highest BCUT2D eigenvalue weighted by Gasteiger charge is 2.16. The van der Waals surface area contributed by atoms with Crippen LogP contribution < -0.4 is 11.3 Å². The van der Waals surface area contributed by atoms with Gasteiger partial charge in [0.05, 0.1) is 26.1 Å². The molecule has 0 aromatic carbocycles. The summed E-state index contributed by atoms with van der Waals surface area (Å²) in [7, 11) is 1.38. The zero-order valence-corrected chi connectivity index (χ0v) is 12.5. The predicted octanol–water partition coefficient (Wildman–Crippen LogP) is -1.98. The van der Waals surface area contributed by atoms with Crippen LogP contribution in [0.1, 0.15) is 0 Å². The monoisotopic (exact) mass is 329 g/mol. The lowest BCUT2D eigenvalue weighted by Crippen LogP contribution is -2.32. The fourth-order valence-electron chi connectivity index (χ4n) is 1.87. The van der Waals surface area contributed by atoms with Crippen LogP contribution >= 0.6 is 0 Å². The largest absolute Gasteiger partial charge is 0.394 e. The molecule has 0 saturated carbocycles. The molecule has 0 aliphatic carbocycles. The Morgan fingerprint density at radius 1 is 1.43 bits per heavy atom. The molecule has 23 heavy (non-hydrogen) atoms. The highest BCUT2D eigenvalue weighted by atomic mass is 16.7. The molecule has 1 unspecified atom stereocenters. The standard InChI is InChI=1S/C12H19N5O6/c1-21-8(3-19)23-7(2-18)4-22-6-17-5-14-9-10(17)15-12(13)16-11(9)20/h5,7-8,18-19H,2-4,6H2,1H3,(H3,13,15,16,20)/t7?,8-/m0/s1. The van der Waals surface area contributed by atoms with Crippen molar-refractivity contribution < 1.29 is 24.4 Å². The van der Waals surface area contributed by atoms with Gasteiger partial charge >= 0.3 is 0 Å². The average molecular weight is 329 g/mol. The van der Waals surface area contributed by atoms with Crippen molar-refractivity contribution in [2.75, 3.05) is 32.7 Å². The molecule has 0 saturated heterocycles. The number of aliphatic hydroxyl groups is 2. The van der Waals surface area contributed by atoms with Gasteiger partial charge in [0.25, 0.3) is 5.56 Å². The van der Waals surface area contributed by atoms with Gasteiger partial charge in [-0.15, -0.1) is 0 Å². The number of anilines is 1. The lowest BCUT2D eigenvalue weighted by molar-refractivity contribution is -0.195.